The lowest BCUT2D eigenvalue weighted by Crippen LogP contribution is -2.49. The van der Waals surface area contributed by atoms with Gasteiger partial charge in [-0.25, -0.2) is 0 Å². The molecule has 1 aromatic carbocycles. The van der Waals surface area contributed by atoms with Crippen molar-refractivity contribution in [2.24, 2.45) is 5.73 Å². The van der Waals surface area contributed by atoms with Crippen molar-refractivity contribution in [3.63, 3.8) is 0 Å². The minimum Gasteiger partial charge on any atom is -0.496 e. The lowest BCUT2D eigenvalue weighted by Gasteiger charge is -2.36. The summed E-state index contributed by atoms with van der Waals surface area (Å²) >= 11 is 6.04. The molecule has 1 saturated heterocycles. The summed E-state index contributed by atoms with van der Waals surface area (Å²) in [5.41, 5.74) is 5.76. The van der Waals surface area contributed by atoms with Gasteiger partial charge in [0.05, 0.1) is 12.5 Å². The second kappa shape index (κ2) is 5.16. The van der Waals surface area contributed by atoms with E-state index >= 15 is 0 Å². The number of nitrogens with one attached hydrogen (secondary N) is 1. The quantitative estimate of drug-likeness (QED) is 0.872. The zero-order valence-electron chi connectivity index (χ0n) is 10.3. The fourth-order valence-corrected chi connectivity index (χ4v) is 2.73. The highest BCUT2D eigenvalue weighted by Crippen LogP contribution is 2.39. The number of piperidine rings is 1. The first kappa shape index (κ1) is 13.2. The van der Waals surface area contributed by atoms with E-state index in [4.69, 9.17) is 22.1 Å². The van der Waals surface area contributed by atoms with E-state index in [1.165, 1.54) is 0 Å². The van der Waals surface area contributed by atoms with Gasteiger partial charge < -0.3 is 15.8 Å². The number of ether oxygens (including phenoxy) is 1. The molecule has 0 spiro atoms. The van der Waals surface area contributed by atoms with Crippen molar-refractivity contribution in [3.8, 4) is 5.75 Å². The topological polar surface area (TPSA) is 64.3 Å². The maximum Gasteiger partial charge on any atom is 0.228 e. The average Bonchev–Trinajstić information content (AvgIpc) is 2.39. The molecule has 0 bridgehead atoms. The maximum absolute atomic E-state index is 12.0. The SMILES string of the molecule is COc1ccc(Cl)cc1C1(C(N)=O)CCNCC1. The number of rotatable bonds is 3. The smallest absolute Gasteiger partial charge is 0.228 e. The van der Waals surface area contributed by atoms with Crippen LogP contribution in [-0.4, -0.2) is 26.1 Å². The van der Waals surface area contributed by atoms with Crippen LogP contribution in [0.15, 0.2) is 18.2 Å². The van der Waals surface area contributed by atoms with Crippen LogP contribution in [0.1, 0.15) is 18.4 Å². The summed E-state index contributed by atoms with van der Waals surface area (Å²) in [4.78, 5) is 12.0. The number of amides is 1. The third kappa shape index (κ3) is 2.18. The summed E-state index contributed by atoms with van der Waals surface area (Å²) < 4.78 is 5.34. The molecule has 1 aromatic rings. The van der Waals surface area contributed by atoms with Crippen molar-refractivity contribution < 1.29 is 9.53 Å². The standard InChI is InChI=1S/C13H17ClN2O2/c1-18-11-3-2-9(14)8-10(11)13(12(15)17)4-6-16-7-5-13/h2-3,8,16H,4-7H2,1H3,(H2,15,17). The Bertz CT molecular complexity index is 456. The minimum absolute atomic E-state index is 0.315. The molecule has 1 aliphatic rings. The summed E-state index contributed by atoms with van der Waals surface area (Å²) in [6.45, 7) is 1.53. The predicted octanol–water partition coefficient (Wildman–Crippen LogP) is 1.46. The van der Waals surface area contributed by atoms with Gasteiger partial charge in [-0.15, -0.1) is 0 Å². The molecule has 1 aliphatic heterocycles. The van der Waals surface area contributed by atoms with Gasteiger partial charge in [-0.2, -0.15) is 0 Å². The van der Waals surface area contributed by atoms with Crippen LogP contribution in [0.4, 0.5) is 0 Å². The van der Waals surface area contributed by atoms with Gasteiger partial charge in [-0.1, -0.05) is 11.6 Å². The van der Waals surface area contributed by atoms with Crippen molar-refractivity contribution in [2.75, 3.05) is 20.2 Å². The molecular weight excluding hydrogens is 252 g/mol. The van der Waals surface area contributed by atoms with E-state index in [0.717, 1.165) is 18.7 Å². The van der Waals surface area contributed by atoms with E-state index in [-0.39, 0.29) is 5.91 Å². The molecule has 0 saturated carbocycles. The second-order valence-electron chi connectivity index (χ2n) is 4.54. The van der Waals surface area contributed by atoms with Crippen LogP contribution >= 0.6 is 11.6 Å². The van der Waals surface area contributed by atoms with Gasteiger partial charge in [0.25, 0.3) is 0 Å². The summed E-state index contributed by atoms with van der Waals surface area (Å²) in [7, 11) is 1.59. The Morgan fingerprint density at radius 3 is 2.67 bits per heavy atom. The van der Waals surface area contributed by atoms with Crippen LogP contribution < -0.4 is 15.8 Å². The van der Waals surface area contributed by atoms with Gasteiger partial charge in [0.15, 0.2) is 0 Å². The molecule has 0 unspecified atom stereocenters. The van der Waals surface area contributed by atoms with Crippen molar-refractivity contribution in [3.05, 3.63) is 28.8 Å². The molecule has 98 valence electrons. The Morgan fingerprint density at radius 1 is 1.44 bits per heavy atom. The van der Waals surface area contributed by atoms with Gasteiger partial charge in [-0.3, -0.25) is 4.79 Å². The Balaban J connectivity index is 2.54. The van der Waals surface area contributed by atoms with E-state index < -0.39 is 5.41 Å². The minimum atomic E-state index is -0.679. The van der Waals surface area contributed by atoms with Crippen LogP contribution in [-0.2, 0) is 10.2 Å². The average molecular weight is 269 g/mol. The number of primary amides is 1. The van der Waals surface area contributed by atoms with Crippen molar-refractivity contribution in [2.45, 2.75) is 18.3 Å². The molecule has 18 heavy (non-hydrogen) atoms. The first-order valence-electron chi connectivity index (χ1n) is 5.95. The van der Waals surface area contributed by atoms with Crippen molar-refractivity contribution >= 4 is 17.5 Å². The summed E-state index contributed by atoms with van der Waals surface area (Å²) in [5, 5.41) is 3.82. The number of methoxy groups -OCH3 is 1. The molecule has 4 nitrogen and oxygen atoms in total. The van der Waals surface area contributed by atoms with Gasteiger partial charge in [0.2, 0.25) is 5.91 Å². The number of hydrogen-bond acceptors (Lipinski definition) is 3. The largest absolute Gasteiger partial charge is 0.496 e. The fraction of sp³-hybridized carbons (Fsp3) is 0.462. The van der Waals surface area contributed by atoms with E-state index in [1.54, 1.807) is 25.3 Å². The monoisotopic (exact) mass is 268 g/mol. The summed E-state index contributed by atoms with van der Waals surface area (Å²) in [6.07, 6.45) is 1.33. The molecule has 3 N–H and O–H groups in total. The number of nitrogens with two attached hydrogens (primary N) is 1. The zero-order chi connectivity index (χ0) is 13.2. The highest BCUT2D eigenvalue weighted by atomic mass is 35.5. The molecule has 1 fully saturated rings. The first-order chi connectivity index (χ1) is 8.60. The molecule has 1 amide bonds. The molecule has 0 atom stereocenters. The number of carbonyl (C=O) groups is 1. The van der Waals surface area contributed by atoms with Gasteiger partial charge in [0, 0.05) is 10.6 Å². The zero-order valence-corrected chi connectivity index (χ0v) is 11.1. The molecule has 5 heteroatoms. The van der Waals surface area contributed by atoms with E-state index in [0.29, 0.717) is 23.6 Å². The van der Waals surface area contributed by atoms with E-state index in [2.05, 4.69) is 5.32 Å². The van der Waals surface area contributed by atoms with Crippen molar-refractivity contribution in [1.82, 2.24) is 5.32 Å². The number of halogens is 1. The van der Waals surface area contributed by atoms with Crippen LogP contribution in [0.25, 0.3) is 0 Å². The van der Waals surface area contributed by atoms with Crippen molar-refractivity contribution in [1.29, 1.82) is 0 Å². The van der Waals surface area contributed by atoms with Crippen LogP contribution in [0, 0.1) is 0 Å². The first-order valence-corrected chi connectivity index (χ1v) is 6.32. The molecule has 0 aliphatic carbocycles. The Hall–Kier alpha value is -1.26. The lowest BCUT2D eigenvalue weighted by molar-refractivity contribution is -0.124. The Kier molecular flexibility index (Phi) is 3.78. The second-order valence-corrected chi connectivity index (χ2v) is 4.98. The third-order valence-corrected chi connectivity index (χ3v) is 3.84. The van der Waals surface area contributed by atoms with Gasteiger partial charge in [0.1, 0.15) is 5.75 Å². The normalized spacial score (nSPS) is 18.3. The number of hydrogen-bond donors (Lipinski definition) is 2. The number of benzene rings is 1. The lowest BCUT2D eigenvalue weighted by atomic mass is 9.72. The molecular formula is C13H17ClN2O2. The van der Waals surface area contributed by atoms with Crippen LogP contribution in [0.5, 0.6) is 5.75 Å². The summed E-state index contributed by atoms with van der Waals surface area (Å²) in [6, 6.07) is 5.32. The highest BCUT2D eigenvalue weighted by molar-refractivity contribution is 6.30. The Labute approximate surface area is 111 Å². The number of carbonyl (C=O) groups excluding carboxylic acids is 1. The van der Waals surface area contributed by atoms with Crippen LogP contribution in [0.2, 0.25) is 5.02 Å². The third-order valence-electron chi connectivity index (χ3n) is 3.61. The maximum atomic E-state index is 12.0. The van der Waals surface area contributed by atoms with E-state index in [1.807, 2.05) is 0 Å². The van der Waals surface area contributed by atoms with E-state index in [9.17, 15) is 4.79 Å². The molecule has 0 aromatic heterocycles. The van der Waals surface area contributed by atoms with Gasteiger partial charge >= 0.3 is 0 Å². The highest BCUT2D eigenvalue weighted by Gasteiger charge is 2.41. The molecule has 2 rings (SSSR count). The molecule has 1 heterocycles. The van der Waals surface area contributed by atoms with Gasteiger partial charge in [-0.05, 0) is 44.1 Å². The van der Waals surface area contributed by atoms with Crippen LogP contribution in [0.3, 0.4) is 0 Å². The molecule has 0 radical (unpaired) electrons. The summed E-state index contributed by atoms with van der Waals surface area (Å²) in [5.74, 6) is 0.352. The predicted molar refractivity (Wildman–Crippen MR) is 71.0 cm³/mol. The Morgan fingerprint density at radius 2 is 2.11 bits per heavy atom. The fourth-order valence-electron chi connectivity index (χ4n) is 2.56.